The van der Waals surface area contributed by atoms with E-state index in [0.717, 1.165) is 12.8 Å². The van der Waals surface area contributed by atoms with Crippen LogP contribution in [0.25, 0.3) is 11.1 Å². The Kier molecular flexibility index (Phi) is 6.23. The summed E-state index contributed by atoms with van der Waals surface area (Å²) in [6.45, 7) is 0.149. The molecule has 4 aliphatic rings. The summed E-state index contributed by atoms with van der Waals surface area (Å²) in [7, 11) is 0. The standard InChI is InChI=1S/C42H33BN2/c1-3-16-30(17-4-1)32-20-7-11-24-36(32)44-38-26-13-9-22-34(38)43-35-23-10-14-27-39(35)45(41-29-15-28-40(44)42(41)43)37-25-12-8-21-33(37)31-18-5-2-6-19-31/h1-18,20,22-29,31,33H,19,21H2. The second-order valence-electron chi connectivity index (χ2n) is 12.4. The number of benzene rings is 5. The van der Waals surface area contributed by atoms with Gasteiger partial charge in [-0.15, -0.1) is 0 Å². The fraction of sp³-hybridized carbons (Fsp3) is 0.0952. The van der Waals surface area contributed by atoms with Crippen LogP contribution in [0.1, 0.15) is 12.8 Å². The molecule has 2 nitrogen and oxygen atoms in total. The Hall–Kier alpha value is -5.28. The molecule has 5 aromatic carbocycles. The highest BCUT2D eigenvalue weighted by Gasteiger charge is 2.44. The summed E-state index contributed by atoms with van der Waals surface area (Å²) in [5.41, 5.74) is 14.2. The second-order valence-corrected chi connectivity index (χ2v) is 12.4. The molecule has 2 unspecified atom stereocenters. The van der Waals surface area contributed by atoms with Crippen molar-refractivity contribution in [3.05, 3.63) is 170 Å². The molecule has 0 amide bonds. The van der Waals surface area contributed by atoms with E-state index in [-0.39, 0.29) is 6.71 Å². The van der Waals surface area contributed by atoms with Crippen molar-refractivity contribution < 1.29 is 0 Å². The van der Waals surface area contributed by atoms with Crippen molar-refractivity contribution in [1.82, 2.24) is 0 Å². The van der Waals surface area contributed by atoms with Gasteiger partial charge in [0.1, 0.15) is 0 Å². The quantitative estimate of drug-likeness (QED) is 0.194. The van der Waals surface area contributed by atoms with E-state index in [1.165, 1.54) is 61.6 Å². The Labute approximate surface area is 266 Å². The van der Waals surface area contributed by atoms with Crippen LogP contribution in [-0.4, -0.2) is 6.71 Å². The maximum atomic E-state index is 2.60. The molecule has 0 saturated heterocycles. The van der Waals surface area contributed by atoms with E-state index in [2.05, 4.69) is 174 Å². The lowest BCUT2D eigenvalue weighted by Crippen LogP contribution is -2.62. The molecular formula is C42H33BN2. The van der Waals surface area contributed by atoms with Gasteiger partial charge in [0.25, 0.3) is 6.71 Å². The number of hydrogen-bond donors (Lipinski definition) is 0. The summed E-state index contributed by atoms with van der Waals surface area (Å²) >= 11 is 0. The molecule has 2 aliphatic carbocycles. The highest BCUT2D eigenvalue weighted by atomic mass is 15.2. The van der Waals surface area contributed by atoms with Gasteiger partial charge in [-0.05, 0) is 77.1 Å². The Morgan fingerprint density at radius 1 is 0.511 bits per heavy atom. The number of rotatable bonds is 4. The highest BCUT2D eigenvalue weighted by molar-refractivity contribution is 7.00. The summed E-state index contributed by atoms with van der Waals surface area (Å²) in [5, 5.41) is 0. The molecule has 0 saturated carbocycles. The van der Waals surface area contributed by atoms with Gasteiger partial charge in [-0.1, -0.05) is 127 Å². The zero-order chi connectivity index (χ0) is 29.7. The van der Waals surface area contributed by atoms with E-state index in [0.29, 0.717) is 11.8 Å². The maximum absolute atomic E-state index is 2.60. The van der Waals surface area contributed by atoms with Crippen molar-refractivity contribution in [3.63, 3.8) is 0 Å². The minimum atomic E-state index is 0.149. The van der Waals surface area contributed by atoms with Crippen LogP contribution in [0.4, 0.5) is 28.4 Å². The number of allylic oxidation sites excluding steroid dienone is 8. The normalized spacial score (nSPS) is 19.1. The van der Waals surface area contributed by atoms with E-state index >= 15 is 0 Å². The summed E-state index contributed by atoms with van der Waals surface area (Å²) in [6, 6.07) is 44.7. The van der Waals surface area contributed by atoms with Gasteiger partial charge in [-0.3, -0.25) is 0 Å². The van der Waals surface area contributed by atoms with Crippen molar-refractivity contribution >= 4 is 51.5 Å². The number of anilines is 5. The van der Waals surface area contributed by atoms with Crippen molar-refractivity contribution in [3.8, 4) is 11.1 Å². The maximum Gasteiger partial charge on any atom is 0.252 e. The van der Waals surface area contributed by atoms with Gasteiger partial charge in [0.15, 0.2) is 0 Å². The van der Waals surface area contributed by atoms with Crippen molar-refractivity contribution in [2.24, 2.45) is 11.8 Å². The summed E-state index contributed by atoms with van der Waals surface area (Å²) in [4.78, 5) is 5.11. The summed E-state index contributed by atoms with van der Waals surface area (Å²) < 4.78 is 0. The van der Waals surface area contributed by atoms with Gasteiger partial charge in [0.2, 0.25) is 0 Å². The van der Waals surface area contributed by atoms with Crippen molar-refractivity contribution in [2.75, 3.05) is 9.80 Å². The molecule has 2 atom stereocenters. The first kappa shape index (κ1) is 26.2. The van der Waals surface area contributed by atoms with Gasteiger partial charge in [-0.25, -0.2) is 0 Å². The van der Waals surface area contributed by atoms with Gasteiger partial charge in [0.05, 0.1) is 5.69 Å². The third-order valence-corrected chi connectivity index (χ3v) is 10.00. The van der Waals surface area contributed by atoms with Crippen LogP contribution in [0, 0.1) is 11.8 Å². The third kappa shape index (κ3) is 4.11. The molecule has 0 fully saturated rings. The van der Waals surface area contributed by atoms with Crippen LogP contribution in [0.3, 0.4) is 0 Å². The first-order valence-electron chi connectivity index (χ1n) is 16.1. The van der Waals surface area contributed by atoms with E-state index in [1.807, 2.05) is 0 Å². The fourth-order valence-electron chi connectivity index (χ4n) is 8.07. The largest absolute Gasteiger partial charge is 0.315 e. The molecule has 0 radical (unpaired) electrons. The number of para-hydroxylation sites is 3. The van der Waals surface area contributed by atoms with Gasteiger partial charge >= 0.3 is 0 Å². The molecular weight excluding hydrogens is 543 g/mol. The van der Waals surface area contributed by atoms with Crippen LogP contribution in [-0.2, 0) is 0 Å². The van der Waals surface area contributed by atoms with Crippen LogP contribution in [0.2, 0.25) is 0 Å². The first-order valence-corrected chi connectivity index (χ1v) is 16.1. The van der Waals surface area contributed by atoms with E-state index in [1.54, 1.807) is 0 Å². The molecule has 9 rings (SSSR count). The van der Waals surface area contributed by atoms with Crippen LogP contribution >= 0.6 is 0 Å². The van der Waals surface area contributed by atoms with Crippen molar-refractivity contribution in [2.45, 2.75) is 12.8 Å². The Balaban J connectivity index is 1.30. The van der Waals surface area contributed by atoms with Gasteiger partial charge in [0, 0.05) is 39.9 Å². The average Bonchev–Trinajstić information content (AvgIpc) is 3.12. The highest BCUT2D eigenvalue weighted by Crippen LogP contribution is 2.47. The summed E-state index contributed by atoms with van der Waals surface area (Å²) in [6.07, 6.45) is 18.3. The number of nitrogens with zero attached hydrogens (tertiary/aromatic N) is 2. The van der Waals surface area contributed by atoms with E-state index < -0.39 is 0 Å². The molecule has 0 spiro atoms. The Morgan fingerprint density at radius 2 is 1.13 bits per heavy atom. The topological polar surface area (TPSA) is 6.48 Å². The number of hydrogen-bond acceptors (Lipinski definition) is 2. The molecule has 2 aliphatic heterocycles. The lowest BCUT2D eigenvalue weighted by molar-refractivity contribution is 0.448. The predicted octanol–water partition coefficient (Wildman–Crippen LogP) is 8.70. The van der Waals surface area contributed by atoms with Gasteiger partial charge in [-0.2, -0.15) is 0 Å². The monoisotopic (exact) mass is 576 g/mol. The molecule has 45 heavy (non-hydrogen) atoms. The molecule has 5 aromatic rings. The lowest BCUT2D eigenvalue weighted by atomic mass is 9.33. The third-order valence-electron chi connectivity index (χ3n) is 10.00. The average molecular weight is 577 g/mol. The molecule has 2 heterocycles. The Bertz CT molecular complexity index is 2050. The van der Waals surface area contributed by atoms with Crippen LogP contribution in [0.15, 0.2) is 170 Å². The van der Waals surface area contributed by atoms with E-state index in [4.69, 9.17) is 0 Å². The smallest absolute Gasteiger partial charge is 0.252 e. The van der Waals surface area contributed by atoms with Crippen LogP contribution < -0.4 is 26.2 Å². The molecule has 0 N–H and O–H groups in total. The summed E-state index contributed by atoms with van der Waals surface area (Å²) in [5.74, 6) is 0.882. The Morgan fingerprint density at radius 3 is 1.89 bits per heavy atom. The van der Waals surface area contributed by atoms with Crippen molar-refractivity contribution in [1.29, 1.82) is 0 Å². The molecule has 214 valence electrons. The molecule has 0 aromatic heterocycles. The minimum absolute atomic E-state index is 0.149. The first-order chi connectivity index (χ1) is 22.4. The zero-order valence-electron chi connectivity index (χ0n) is 25.1. The predicted molar refractivity (Wildman–Crippen MR) is 192 cm³/mol. The lowest BCUT2D eigenvalue weighted by Gasteiger charge is -2.46. The van der Waals surface area contributed by atoms with E-state index in [9.17, 15) is 0 Å². The zero-order valence-corrected chi connectivity index (χ0v) is 25.1. The molecule has 0 bridgehead atoms. The molecule has 3 heteroatoms. The second kappa shape index (κ2) is 10.7. The fourth-order valence-corrected chi connectivity index (χ4v) is 8.07. The van der Waals surface area contributed by atoms with Crippen LogP contribution in [0.5, 0.6) is 0 Å². The minimum Gasteiger partial charge on any atom is -0.315 e. The van der Waals surface area contributed by atoms with Gasteiger partial charge < -0.3 is 9.80 Å². The SMILES string of the molecule is C1=CCC(C2CC=CC=C2N2c3ccccc3B3c4ccccc4N(c4ccccc4-c4ccccc4)c4cccc2c43)C=C1. The number of fused-ring (bicyclic) bond motifs is 4.